The standard InChI is InChI=1S/C14H30N2O5/c15-14(21)4-2-1-3-5-16(6-12(8-17)9-18)7-13(10-19)11-20/h12-13,17-20H,1-11H2,(H2,15,21). The van der Waals surface area contributed by atoms with Crippen LogP contribution < -0.4 is 5.73 Å². The average Bonchev–Trinajstić information content (AvgIpc) is 2.48. The zero-order valence-corrected chi connectivity index (χ0v) is 12.7. The lowest BCUT2D eigenvalue weighted by Crippen LogP contribution is -2.38. The van der Waals surface area contributed by atoms with E-state index in [4.69, 9.17) is 26.2 Å². The minimum Gasteiger partial charge on any atom is -0.396 e. The van der Waals surface area contributed by atoms with Gasteiger partial charge in [-0.15, -0.1) is 0 Å². The van der Waals surface area contributed by atoms with Gasteiger partial charge in [-0.25, -0.2) is 0 Å². The summed E-state index contributed by atoms with van der Waals surface area (Å²) in [6, 6.07) is 0. The first-order valence-electron chi connectivity index (χ1n) is 7.51. The summed E-state index contributed by atoms with van der Waals surface area (Å²) in [5.74, 6) is -0.754. The number of nitrogens with zero attached hydrogens (tertiary/aromatic N) is 1. The Morgan fingerprint density at radius 3 is 1.71 bits per heavy atom. The lowest BCUT2D eigenvalue weighted by atomic mass is 10.1. The lowest BCUT2D eigenvalue weighted by molar-refractivity contribution is -0.118. The van der Waals surface area contributed by atoms with Gasteiger partial charge in [-0.3, -0.25) is 4.79 Å². The highest BCUT2D eigenvalue weighted by atomic mass is 16.3. The van der Waals surface area contributed by atoms with Gasteiger partial charge >= 0.3 is 0 Å². The van der Waals surface area contributed by atoms with Crippen LogP contribution in [-0.4, -0.2) is 77.3 Å². The van der Waals surface area contributed by atoms with Gasteiger partial charge in [0, 0.05) is 57.8 Å². The van der Waals surface area contributed by atoms with Crippen molar-refractivity contribution in [3.8, 4) is 0 Å². The molecule has 0 aliphatic heterocycles. The van der Waals surface area contributed by atoms with E-state index in [1.54, 1.807) is 0 Å². The molecule has 7 nitrogen and oxygen atoms in total. The smallest absolute Gasteiger partial charge is 0.217 e. The molecule has 21 heavy (non-hydrogen) atoms. The summed E-state index contributed by atoms with van der Waals surface area (Å²) in [4.78, 5) is 12.7. The Bertz CT molecular complexity index is 244. The fourth-order valence-corrected chi connectivity index (χ4v) is 2.15. The molecule has 0 aromatic rings. The maximum Gasteiger partial charge on any atom is 0.217 e. The van der Waals surface area contributed by atoms with E-state index in [0.717, 1.165) is 25.8 Å². The van der Waals surface area contributed by atoms with Gasteiger partial charge in [0.1, 0.15) is 0 Å². The van der Waals surface area contributed by atoms with Gasteiger partial charge in [-0.05, 0) is 19.4 Å². The van der Waals surface area contributed by atoms with E-state index in [1.807, 2.05) is 4.90 Å². The quantitative estimate of drug-likeness (QED) is 0.249. The van der Waals surface area contributed by atoms with E-state index in [-0.39, 0.29) is 44.2 Å². The number of nitrogens with two attached hydrogens (primary N) is 1. The largest absolute Gasteiger partial charge is 0.396 e. The number of hydrogen-bond donors (Lipinski definition) is 5. The van der Waals surface area contributed by atoms with Crippen LogP contribution in [0.5, 0.6) is 0 Å². The number of hydrogen-bond acceptors (Lipinski definition) is 6. The van der Waals surface area contributed by atoms with Crippen LogP contribution in [-0.2, 0) is 4.79 Å². The fraction of sp³-hybridized carbons (Fsp3) is 0.929. The predicted molar refractivity (Wildman–Crippen MR) is 79.4 cm³/mol. The number of aliphatic hydroxyl groups is 4. The third-order valence-corrected chi connectivity index (χ3v) is 3.46. The summed E-state index contributed by atoms with van der Waals surface area (Å²) < 4.78 is 0. The average molecular weight is 306 g/mol. The Morgan fingerprint density at radius 1 is 0.857 bits per heavy atom. The first-order chi connectivity index (χ1) is 10.1. The fourth-order valence-electron chi connectivity index (χ4n) is 2.15. The molecule has 0 aromatic carbocycles. The Morgan fingerprint density at radius 2 is 1.33 bits per heavy atom. The maximum atomic E-state index is 10.6. The van der Waals surface area contributed by atoms with Crippen molar-refractivity contribution in [3.63, 3.8) is 0 Å². The van der Waals surface area contributed by atoms with Crippen molar-refractivity contribution < 1.29 is 25.2 Å². The Hall–Kier alpha value is -0.730. The van der Waals surface area contributed by atoms with Crippen LogP contribution in [0.4, 0.5) is 0 Å². The molecule has 0 saturated heterocycles. The Kier molecular flexibility index (Phi) is 12.5. The number of amides is 1. The summed E-state index contributed by atoms with van der Waals surface area (Å²) in [6.07, 6.45) is 2.85. The van der Waals surface area contributed by atoms with Crippen LogP contribution >= 0.6 is 0 Å². The maximum absolute atomic E-state index is 10.6. The first kappa shape index (κ1) is 20.3. The van der Waals surface area contributed by atoms with E-state index in [2.05, 4.69) is 0 Å². The van der Waals surface area contributed by atoms with Crippen molar-refractivity contribution in [2.75, 3.05) is 46.1 Å². The Labute approximate surface area is 126 Å². The zero-order chi connectivity index (χ0) is 16.1. The number of rotatable bonds is 14. The number of unbranched alkanes of at least 4 members (excludes halogenated alkanes) is 2. The topological polar surface area (TPSA) is 127 Å². The van der Waals surface area contributed by atoms with Crippen LogP contribution in [0.2, 0.25) is 0 Å². The third-order valence-electron chi connectivity index (χ3n) is 3.46. The third kappa shape index (κ3) is 10.6. The highest BCUT2D eigenvalue weighted by molar-refractivity contribution is 5.73. The van der Waals surface area contributed by atoms with E-state index < -0.39 is 0 Å². The number of carbonyl (C=O) groups excluding carboxylic acids is 1. The molecule has 6 N–H and O–H groups in total. The van der Waals surface area contributed by atoms with Crippen molar-refractivity contribution in [2.45, 2.75) is 25.7 Å². The number of carbonyl (C=O) groups is 1. The molecule has 0 atom stereocenters. The highest BCUT2D eigenvalue weighted by Crippen LogP contribution is 2.08. The highest BCUT2D eigenvalue weighted by Gasteiger charge is 2.17. The molecule has 0 unspecified atom stereocenters. The van der Waals surface area contributed by atoms with Crippen LogP contribution in [0.15, 0.2) is 0 Å². The molecule has 0 fully saturated rings. The van der Waals surface area contributed by atoms with Crippen LogP contribution in [0, 0.1) is 11.8 Å². The minimum absolute atomic E-state index is 0.0996. The molecule has 1 amide bonds. The molecular weight excluding hydrogens is 276 g/mol. The van der Waals surface area contributed by atoms with Gasteiger partial charge in [-0.1, -0.05) is 6.42 Å². The molecule has 0 heterocycles. The zero-order valence-electron chi connectivity index (χ0n) is 12.7. The summed E-state index contributed by atoms with van der Waals surface area (Å²) >= 11 is 0. The summed E-state index contributed by atoms with van der Waals surface area (Å²) in [5, 5.41) is 36.6. The van der Waals surface area contributed by atoms with Gasteiger partial charge in [0.25, 0.3) is 0 Å². The second-order valence-corrected chi connectivity index (χ2v) is 5.50. The first-order valence-corrected chi connectivity index (χ1v) is 7.51. The summed E-state index contributed by atoms with van der Waals surface area (Å²) in [7, 11) is 0. The number of aliphatic hydroxyl groups excluding tert-OH is 4. The van der Waals surface area contributed by atoms with Gasteiger partial charge in [-0.2, -0.15) is 0 Å². The molecule has 0 bridgehead atoms. The molecule has 0 radical (unpaired) electrons. The Balaban J connectivity index is 4.19. The number of primary amides is 1. The van der Waals surface area contributed by atoms with Crippen molar-refractivity contribution in [3.05, 3.63) is 0 Å². The second kappa shape index (κ2) is 13.0. The molecule has 0 aliphatic rings. The van der Waals surface area contributed by atoms with Crippen LogP contribution in [0.3, 0.4) is 0 Å². The molecule has 0 aliphatic carbocycles. The van der Waals surface area contributed by atoms with Crippen molar-refractivity contribution in [2.24, 2.45) is 17.6 Å². The van der Waals surface area contributed by atoms with Crippen molar-refractivity contribution in [1.82, 2.24) is 4.90 Å². The van der Waals surface area contributed by atoms with E-state index in [1.165, 1.54) is 0 Å². The normalized spacial score (nSPS) is 11.8. The van der Waals surface area contributed by atoms with Crippen molar-refractivity contribution >= 4 is 5.91 Å². The summed E-state index contributed by atoms with van der Waals surface area (Å²) in [5.41, 5.74) is 5.08. The van der Waals surface area contributed by atoms with Crippen LogP contribution in [0.25, 0.3) is 0 Å². The molecule has 0 spiro atoms. The minimum atomic E-state index is -0.298. The summed E-state index contributed by atoms with van der Waals surface area (Å²) in [6.45, 7) is 1.36. The van der Waals surface area contributed by atoms with Gasteiger partial charge < -0.3 is 31.1 Å². The SMILES string of the molecule is NC(=O)CCCCCN(CC(CO)CO)CC(CO)CO. The predicted octanol–water partition coefficient (Wildman–Crippen LogP) is -1.46. The van der Waals surface area contributed by atoms with E-state index in [9.17, 15) is 4.79 Å². The van der Waals surface area contributed by atoms with Gasteiger partial charge in [0.2, 0.25) is 5.91 Å². The van der Waals surface area contributed by atoms with Gasteiger partial charge in [0.05, 0.1) is 0 Å². The molecule has 0 aromatic heterocycles. The lowest BCUT2D eigenvalue weighted by Gasteiger charge is -2.28. The monoisotopic (exact) mass is 306 g/mol. The van der Waals surface area contributed by atoms with Crippen LogP contribution in [0.1, 0.15) is 25.7 Å². The second-order valence-electron chi connectivity index (χ2n) is 5.50. The molecule has 7 heteroatoms. The van der Waals surface area contributed by atoms with Gasteiger partial charge in [0.15, 0.2) is 0 Å². The molecular formula is C14H30N2O5. The van der Waals surface area contributed by atoms with E-state index >= 15 is 0 Å². The van der Waals surface area contributed by atoms with E-state index in [0.29, 0.717) is 19.5 Å². The molecule has 0 saturated carbocycles. The van der Waals surface area contributed by atoms with Crippen molar-refractivity contribution in [1.29, 1.82) is 0 Å². The molecule has 0 rings (SSSR count). The molecule has 126 valence electrons.